The molecule has 1 rings (SSSR count). The van der Waals surface area contributed by atoms with Gasteiger partial charge in [0.2, 0.25) is 5.91 Å². The van der Waals surface area contributed by atoms with Gasteiger partial charge < -0.3 is 0 Å². The van der Waals surface area contributed by atoms with Crippen molar-refractivity contribution in [1.82, 2.24) is 5.43 Å². The van der Waals surface area contributed by atoms with Gasteiger partial charge in [0.15, 0.2) is 0 Å². The number of nitrogens with one attached hydrogen (secondary N) is 1. The Hall–Kier alpha value is -1.42. The second-order valence-corrected chi connectivity index (χ2v) is 3.02. The van der Waals surface area contributed by atoms with Gasteiger partial charge in [0.05, 0.1) is 5.92 Å². The minimum Gasteiger partial charge on any atom is -0.294 e. The summed E-state index contributed by atoms with van der Waals surface area (Å²) in [6, 6.07) is 5.86. The third-order valence-corrected chi connectivity index (χ3v) is 2.14. The van der Waals surface area contributed by atoms with Crippen molar-refractivity contribution in [2.75, 3.05) is 0 Å². The molecule has 0 saturated carbocycles. The largest absolute Gasteiger partial charge is 0.294 e. The van der Waals surface area contributed by atoms with E-state index in [1.54, 1.807) is 12.1 Å². The van der Waals surface area contributed by atoms with Gasteiger partial charge in [-0.1, -0.05) is 19.1 Å². The predicted octanol–water partition coefficient (Wildman–Crippen LogP) is 1.31. The van der Waals surface area contributed by atoms with Crippen LogP contribution in [0.4, 0.5) is 4.39 Å². The summed E-state index contributed by atoms with van der Waals surface area (Å²) in [6.07, 6.45) is 0.634. The quantitative estimate of drug-likeness (QED) is 0.435. The molecule has 0 aliphatic heterocycles. The molecule has 0 saturated heterocycles. The van der Waals surface area contributed by atoms with Gasteiger partial charge >= 0.3 is 0 Å². The normalized spacial score (nSPS) is 12.2. The zero-order chi connectivity index (χ0) is 10.6. The first-order chi connectivity index (χ1) is 6.69. The number of hydrazine groups is 1. The molecule has 1 aromatic rings. The third kappa shape index (κ3) is 2.29. The highest BCUT2D eigenvalue weighted by molar-refractivity contribution is 5.82. The van der Waals surface area contributed by atoms with Crippen LogP contribution in [0, 0.1) is 5.82 Å². The van der Waals surface area contributed by atoms with Gasteiger partial charge in [-0.05, 0) is 24.1 Å². The lowest BCUT2D eigenvalue weighted by Gasteiger charge is -2.12. The summed E-state index contributed by atoms with van der Waals surface area (Å²) in [5.41, 5.74) is 2.87. The summed E-state index contributed by atoms with van der Waals surface area (Å²) >= 11 is 0. The van der Waals surface area contributed by atoms with Gasteiger partial charge in [-0.15, -0.1) is 0 Å². The molecule has 0 bridgehead atoms. The van der Waals surface area contributed by atoms with Gasteiger partial charge in [0, 0.05) is 0 Å². The van der Waals surface area contributed by atoms with Crippen molar-refractivity contribution < 1.29 is 9.18 Å². The van der Waals surface area contributed by atoms with Crippen molar-refractivity contribution >= 4 is 5.91 Å². The fourth-order valence-electron chi connectivity index (χ4n) is 1.37. The van der Waals surface area contributed by atoms with Crippen LogP contribution in [0.3, 0.4) is 0 Å². The van der Waals surface area contributed by atoms with Crippen LogP contribution in [0.2, 0.25) is 0 Å². The van der Waals surface area contributed by atoms with E-state index in [1.165, 1.54) is 12.1 Å². The monoisotopic (exact) mass is 196 g/mol. The van der Waals surface area contributed by atoms with Crippen LogP contribution in [0.5, 0.6) is 0 Å². The molecule has 0 spiro atoms. The summed E-state index contributed by atoms with van der Waals surface area (Å²) in [7, 11) is 0. The number of halogens is 1. The lowest BCUT2D eigenvalue weighted by atomic mass is 9.96. The van der Waals surface area contributed by atoms with Crippen LogP contribution < -0.4 is 11.3 Å². The Morgan fingerprint density at radius 2 is 2.07 bits per heavy atom. The molecule has 76 valence electrons. The lowest BCUT2D eigenvalue weighted by molar-refractivity contribution is -0.122. The van der Waals surface area contributed by atoms with Crippen LogP contribution in [-0.4, -0.2) is 5.91 Å². The number of amides is 1. The highest BCUT2D eigenvalue weighted by atomic mass is 19.1. The molecule has 0 aromatic heterocycles. The zero-order valence-corrected chi connectivity index (χ0v) is 7.96. The molecule has 0 aliphatic carbocycles. The van der Waals surface area contributed by atoms with Crippen molar-refractivity contribution in [3.63, 3.8) is 0 Å². The lowest BCUT2D eigenvalue weighted by Crippen LogP contribution is -2.34. The van der Waals surface area contributed by atoms with Crippen LogP contribution in [0.15, 0.2) is 24.3 Å². The van der Waals surface area contributed by atoms with Gasteiger partial charge in [0.1, 0.15) is 5.82 Å². The Morgan fingerprint density at radius 1 is 1.50 bits per heavy atom. The highest BCUT2D eigenvalue weighted by Crippen LogP contribution is 2.19. The molecule has 3 nitrogen and oxygen atoms in total. The molecule has 1 atom stereocenters. The maximum atomic E-state index is 12.6. The summed E-state index contributed by atoms with van der Waals surface area (Å²) in [6.45, 7) is 1.88. The molecule has 1 amide bonds. The molecule has 0 heterocycles. The van der Waals surface area contributed by atoms with E-state index in [2.05, 4.69) is 5.43 Å². The van der Waals surface area contributed by atoms with Crippen molar-refractivity contribution in [3.8, 4) is 0 Å². The van der Waals surface area contributed by atoms with Gasteiger partial charge in [-0.25, -0.2) is 10.2 Å². The van der Waals surface area contributed by atoms with E-state index >= 15 is 0 Å². The fourth-order valence-corrected chi connectivity index (χ4v) is 1.37. The number of rotatable bonds is 3. The summed E-state index contributed by atoms with van der Waals surface area (Å²) in [5, 5.41) is 0. The predicted molar refractivity (Wildman–Crippen MR) is 51.8 cm³/mol. The van der Waals surface area contributed by atoms with Crippen LogP contribution in [0.1, 0.15) is 24.8 Å². The van der Waals surface area contributed by atoms with E-state index in [0.717, 1.165) is 5.56 Å². The Labute approximate surface area is 82.1 Å². The summed E-state index contributed by atoms with van der Waals surface area (Å²) in [5.74, 6) is 4.18. The first kappa shape index (κ1) is 10.7. The van der Waals surface area contributed by atoms with Gasteiger partial charge in [0.25, 0.3) is 0 Å². The molecule has 3 N–H and O–H groups in total. The Kier molecular flexibility index (Phi) is 3.59. The van der Waals surface area contributed by atoms with E-state index in [4.69, 9.17) is 5.84 Å². The summed E-state index contributed by atoms with van der Waals surface area (Å²) in [4.78, 5) is 11.3. The molecule has 1 unspecified atom stereocenters. The van der Waals surface area contributed by atoms with E-state index < -0.39 is 0 Å². The van der Waals surface area contributed by atoms with Crippen molar-refractivity contribution in [3.05, 3.63) is 35.6 Å². The zero-order valence-electron chi connectivity index (χ0n) is 7.96. The van der Waals surface area contributed by atoms with E-state index in [-0.39, 0.29) is 17.6 Å². The number of carbonyl (C=O) groups is 1. The first-order valence-electron chi connectivity index (χ1n) is 4.45. The molecule has 1 aromatic carbocycles. The number of hydrogen-bond acceptors (Lipinski definition) is 2. The fraction of sp³-hybridized carbons (Fsp3) is 0.300. The molecule has 4 heteroatoms. The maximum Gasteiger partial charge on any atom is 0.241 e. The average Bonchev–Trinajstić information content (AvgIpc) is 2.21. The highest BCUT2D eigenvalue weighted by Gasteiger charge is 2.17. The Morgan fingerprint density at radius 3 is 2.50 bits per heavy atom. The van der Waals surface area contributed by atoms with Crippen LogP contribution in [0.25, 0.3) is 0 Å². The summed E-state index contributed by atoms with van der Waals surface area (Å²) < 4.78 is 12.6. The topological polar surface area (TPSA) is 55.1 Å². The second kappa shape index (κ2) is 4.72. The van der Waals surface area contributed by atoms with Crippen molar-refractivity contribution in [2.45, 2.75) is 19.3 Å². The smallest absolute Gasteiger partial charge is 0.241 e. The van der Waals surface area contributed by atoms with Crippen LogP contribution >= 0.6 is 0 Å². The second-order valence-electron chi connectivity index (χ2n) is 3.02. The van der Waals surface area contributed by atoms with Crippen LogP contribution in [-0.2, 0) is 4.79 Å². The van der Waals surface area contributed by atoms with E-state index in [0.29, 0.717) is 6.42 Å². The molecular formula is C10H13FN2O. The number of hydrogen-bond donors (Lipinski definition) is 2. The number of benzene rings is 1. The first-order valence-corrected chi connectivity index (χ1v) is 4.45. The SMILES string of the molecule is CCC(C(=O)NN)c1ccc(F)cc1. The van der Waals surface area contributed by atoms with E-state index in [9.17, 15) is 9.18 Å². The maximum absolute atomic E-state index is 12.6. The third-order valence-electron chi connectivity index (χ3n) is 2.14. The number of nitrogens with two attached hydrogens (primary N) is 1. The molecule has 0 aliphatic rings. The average molecular weight is 196 g/mol. The molecule has 0 fully saturated rings. The standard InChI is InChI=1S/C10H13FN2O/c1-2-9(10(14)13-12)7-3-5-8(11)6-4-7/h3-6,9H,2,12H2,1H3,(H,13,14). The number of carbonyl (C=O) groups excluding carboxylic acids is 1. The van der Waals surface area contributed by atoms with Gasteiger partial charge in [-0.2, -0.15) is 0 Å². The minimum atomic E-state index is -0.309. The van der Waals surface area contributed by atoms with Crippen molar-refractivity contribution in [2.24, 2.45) is 5.84 Å². The molecule has 0 radical (unpaired) electrons. The Bertz CT molecular complexity index is 310. The van der Waals surface area contributed by atoms with Gasteiger partial charge in [-0.3, -0.25) is 10.2 Å². The molecular weight excluding hydrogens is 183 g/mol. The minimum absolute atomic E-state index is 0.251. The molecule has 14 heavy (non-hydrogen) atoms. The van der Waals surface area contributed by atoms with Crippen molar-refractivity contribution in [1.29, 1.82) is 0 Å². The van der Waals surface area contributed by atoms with E-state index in [1.807, 2.05) is 6.92 Å². The Balaban J connectivity index is 2.89.